The molecule has 7 heteroatoms. The normalized spacial score (nSPS) is 18.5. The molecule has 0 radical (unpaired) electrons. The first-order valence-corrected chi connectivity index (χ1v) is 7.48. The van der Waals surface area contributed by atoms with Gasteiger partial charge in [-0.15, -0.1) is 11.6 Å². The van der Waals surface area contributed by atoms with E-state index < -0.39 is 11.7 Å². The molecule has 2 amide bonds. The van der Waals surface area contributed by atoms with E-state index >= 15 is 0 Å². The van der Waals surface area contributed by atoms with Gasteiger partial charge < -0.3 is 9.64 Å². The standard InChI is InChI=1S/C15H20ClN3O3/c1-15(2,3)22-14(21)18(4)12-6-5-11(8-17-12)19-9-10(16)7-13(19)20/h5-6,8,10H,7,9H2,1-4H3. The number of hydrogen-bond donors (Lipinski definition) is 0. The second kappa shape index (κ2) is 6.12. The highest BCUT2D eigenvalue weighted by Gasteiger charge is 2.29. The molecule has 0 spiro atoms. The zero-order chi connectivity index (χ0) is 16.5. The number of carbonyl (C=O) groups is 2. The number of carbonyl (C=O) groups excluding carboxylic acids is 2. The van der Waals surface area contributed by atoms with Crippen LogP contribution in [0.2, 0.25) is 0 Å². The molecule has 1 saturated heterocycles. The first-order valence-electron chi connectivity index (χ1n) is 7.04. The molecule has 0 N–H and O–H groups in total. The van der Waals surface area contributed by atoms with E-state index in [1.807, 2.05) is 0 Å². The summed E-state index contributed by atoms with van der Waals surface area (Å²) in [6.07, 6.45) is 1.41. The first-order chi connectivity index (χ1) is 10.2. The van der Waals surface area contributed by atoms with Gasteiger partial charge >= 0.3 is 6.09 Å². The van der Waals surface area contributed by atoms with E-state index in [1.165, 1.54) is 4.90 Å². The number of rotatable bonds is 2. The Morgan fingerprint density at radius 1 is 1.45 bits per heavy atom. The van der Waals surface area contributed by atoms with Gasteiger partial charge in [0.25, 0.3) is 0 Å². The number of halogens is 1. The molecule has 2 rings (SSSR count). The summed E-state index contributed by atoms with van der Waals surface area (Å²) >= 11 is 5.98. The van der Waals surface area contributed by atoms with Crippen molar-refractivity contribution >= 4 is 35.1 Å². The van der Waals surface area contributed by atoms with E-state index in [2.05, 4.69) is 4.98 Å². The van der Waals surface area contributed by atoms with Crippen molar-refractivity contribution in [3.8, 4) is 0 Å². The molecule has 1 aromatic rings. The number of nitrogens with zero attached hydrogens (tertiary/aromatic N) is 3. The lowest BCUT2D eigenvalue weighted by Crippen LogP contribution is -2.34. The van der Waals surface area contributed by atoms with Crippen LogP contribution in [0.15, 0.2) is 18.3 Å². The monoisotopic (exact) mass is 325 g/mol. The fourth-order valence-electron chi connectivity index (χ4n) is 2.07. The lowest BCUT2D eigenvalue weighted by atomic mass is 10.2. The van der Waals surface area contributed by atoms with E-state index in [9.17, 15) is 9.59 Å². The van der Waals surface area contributed by atoms with E-state index in [-0.39, 0.29) is 11.3 Å². The number of pyridine rings is 1. The minimum atomic E-state index is -0.567. The van der Waals surface area contributed by atoms with Gasteiger partial charge in [-0.2, -0.15) is 0 Å². The van der Waals surface area contributed by atoms with Gasteiger partial charge in [-0.25, -0.2) is 9.78 Å². The van der Waals surface area contributed by atoms with Gasteiger partial charge in [0.05, 0.1) is 17.3 Å². The summed E-state index contributed by atoms with van der Waals surface area (Å²) < 4.78 is 5.28. The second-order valence-corrected chi connectivity index (χ2v) is 6.84. The minimum Gasteiger partial charge on any atom is -0.443 e. The predicted octanol–water partition coefficient (Wildman–Crippen LogP) is 2.80. The van der Waals surface area contributed by atoms with Gasteiger partial charge in [-0.1, -0.05) is 0 Å². The maximum absolute atomic E-state index is 12.0. The van der Waals surface area contributed by atoms with Gasteiger partial charge in [0.2, 0.25) is 5.91 Å². The molecular formula is C15H20ClN3O3. The van der Waals surface area contributed by atoms with Gasteiger partial charge in [0.1, 0.15) is 11.4 Å². The van der Waals surface area contributed by atoms with Gasteiger partial charge in [0, 0.05) is 20.0 Å². The predicted molar refractivity (Wildman–Crippen MR) is 85.5 cm³/mol. The number of ether oxygens (including phenoxy) is 1. The Morgan fingerprint density at radius 3 is 2.59 bits per heavy atom. The molecule has 1 unspecified atom stereocenters. The molecule has 1 aliphatic rings. The Hall–Kier alpha value is -1.82. The lowest BCUT2D eigenvalue weighted by molar-refractivity contribution is -0.117. The van der Waals surface area contributed by atoms with Gasteiger partial charge in [-0.3, -0.25) is 9.69 Å². The summed E-state index contributed by atoms with van der Waals surface area (Å²) in [6, 6.07) is 3.42. The highest BCUT2D eigenvalue weighted by Crippen LogP contribution is 2.25. The maximum Gasteiger partial charge on any atom is 0.415 e. The fraction of sp³-hybridized carbons (Fsp3) is 0.533. The van der Waals surface area contributed by atoms with Gasteiger partial charge in [0.15, 0.2) is 0 Å². The molecule has 1 aliphatic heterocycles. The first kappa shape index (κ1) is 16.5. The van der Waals surface area contributed by atoms with Crippen LogP contribution in [0.25, 0.3) is 0 Å². The fourth-order valence-corrected chi connectivity index (χ4v) is 2.34. The average molecular weight is 326 g/mol. The van der Waals surface area contributed by atoms with E-state index in [0.717, 1.165) is 0 Å². The van der Waals surface area contributed by atoms with Crippen molar-refractivity contribution in [3.05, 3.63) is 18.3 Å². The summed E-state index contributed by atoms with van der Waals surface area (Å²) in [5.41, 5.74) is 0.109. The zero-order valence-electron chi connectivity index (χ0n) is 13.2. The third-order valence-corrected chi connectivity index (χ3v) is 3.43. The summed E-state index contributed by atoms with van der Waals surface area (Å²) in [5, 5.41) is -0.170. The maximum atomic E-state index is 12.0. The Balaban J connectivity index is 2.08. The van der Waals surface area contributed by atoms with Crippen LogP contribution in [-0.4, -0.2) is 41.6 Å². The number of anilines is 2. The molecule has 22 heavy (non-hydrogen) atoms. The lowest BCUT2D eigenvalue weighted by Gasteiger charge is -2.24. The van der Waals surface area contributed by atoms with Crippen molar-refractivity contribution in [1.82, 2.24) is 4.98 Å². The van der Waals surface area contributed by atoms with Crippen molar-refractivity contribution < 1.29 is 14.3 Å². The third-order valence-electron chi connectivity index (χ3n) is 3.13. The van der Waals surface area contributed by atoms with Crippen LogP contribution in [0, 0.1) is 0 Å². The van der Waals surface area contributed by atoms with Crippen molar-refractivity contribution in [1.29, 1.82) is 0 Å². The molecule has 120 valence electrons. The minimum absolute atomic E-state index is 0.0185. The smallest absolute Gasteiger partial charge is 0.415 e. The Labute approximate surface area is 135 Å². The Bertz CT molecular complexity index is 568. The van der Waals surface area contributed by atoms with Crippen LogP contribution in [0.3, 0.4) is 0 Å². The SMILES string of the molecule is CN(C(=O)OC(C)(C)C)c1ccc(N2CC(Cl)CC2=O)cn1. The number of hydrogen-bond acceptors (Lipinski definition) is 4. The molecule has 1 aromatic heterocycles. The Kier molecular flexibility index (Phi) is 4.60. The number of aromatic nitrogens is 1. The van der Waals surface area contributed by atoms with Gasteiger partial charge in [-0.05, 0) is 32.9 Å². The third kappa shape index (κ3) is 3.88. The van der Waals surface area contributed by atoms with Crippen LogP contribution in [0.5, 0.6) is 0 Å². The highest BCUT2D eigenvalue weighted by atomic mass is 35.5. The van der Waals surface area contributed by atoms with E-state index in [0.29, 0.717) is 24.5 Å². The Morgan fingerprint density at radius 2 is 2.14 bits per heavy atom. The topological polar surface area (TPSA) is 62.7 Å². The molecule has 6 nitrogen and oxygen atoms in total. The molecule has 0 bridgehead atoms. The second-order valence-electron chi connectivity index (χ2n) is 6.22. The molecule has 2 heterocycles. The molecule has 0 saturated carbocycles. The molecule has 0 aliphatic carbocycles. The summed E-state index contributed by atoms with van der Waals surface area (Å²) in [7, 11) is 1.59. The molecular weight excluding hydrogens is 306 g/mol. The van der Waals surface area contributed by atoms with Crippen LogP contribution < -0.4 is 9.80 Å². The number of amides is 2. The van der Waals surface area contributed by atoms with Crippen molar-refractivity contribution in [2.24, 2.45) is 0 Å². The molecule has 0 aromatic carbocycles. The zero-order valence-corrected chi connectivity index (χ0v) is 13.9. The largest absolute Gasteiger partial charge is 0.443 e. The number of alkyl halides is 1. The molecule has 1 atom stereocenters. The van der Waals surface area contributed by atoms with E-state index in [1.54, 1.807) is 51.0 Å². The summed E-state index contributed by atoms with van der Waals surface area (Å²) in [4.78, 5) is 30.9. The molecule has 1 fully saturated rings. The van der Waals surface area contributed by atoms with Crippen LogP contribution in [0.4, 0.5) is 16.3 Å². The average Bonchev–Trinajstić information content (AvgIpc) is 2.75. The van der Waals surface area contributed by atoms with Crippen molar-refractivity contribution in [2.75, 3.05) is 23.4 Å². The quantitative estimate of drug-likeness (QED) is 0.784. The van der Waals surface area contributed by atoms with Crippen LogP contribution in [-0.2, 0) is 9.53 Å². The van der Waals surface area contributed by atoms with Crippen LogP contribution in [0.1, 0.15) is 27.2 Å². The van der Waals surface area contributed by atoms with Crippen molar-refractivity contribution in [2.45, 2.75) is 38.2 Å². The summed E-state index contributed by atoms with van der Waals surface area (Å²) in [5.74, 6) is 0.433. The summed E-state index contributed by atoms with van der Waals surface area (Å²) in [6.45, 7) is 5.88. The van der Waals surface area contributed by atoms with Crippen LogP contribution >= 0.6 is 11.6 Å². The van der Waals surface area contributed by atoms with E-state index in [4.69, 9.17) is 16.3 Å². The highest BCUT2D eigenvalue weighted by molar-refractivity contribution is 6.24. The van der Waals surface area contributed by atoms with Crippen molar-refractivity contribution in [3.63, 3.8) is 0 Å².